The summed E-state index contributed by atoms with van der Waals surface area (Å²) in [5, 5.41) is 3.05. The smallest absolute Gasteiger partial charge is 0.229 e. The van der Waals surface area contributed by atoms with Gasteiger partial charge in [0.15, 0.2) is 11.2 Å². The quantitative estimate of drug-likeness (QED) is 0.393. The number of benzene rings is 1. The second-order valence-corrected chi connectivity index (χ2v) is 11.1. The van der Waals surface area contributed by atoms with Gasteiger partial charge in [0.05, 0.1) is 17.1 Å². The zero-order chi connectivity index (χ0) is 26.6. The third-order valence-electron chi connectivity index (χ3n) is 7.97. The lowest BCUT2D eigenvalue weighted by Gasteiger charge is -2.29. The number of hydrogen-bond donors (Lipinski definition) is 1. The molecule has 0 bridgehead atoms. The Kier molecular flexibility index (Phi) is 5.98. The summed E-state index contributed by atoms with van der Waals surface area (Å²) >= 11 is 0. The van der Waals surface area contributed by atoms with Gasteiger partial charge >= 0.3 is 0 Å². The first-order valence-electron chi connectivity index (χ1n) is 13.0. The summed E-state index contributed by atoms with van der Waals surface area (Å²) in [4.78, 5) is 28.0. The number of likely N-dealkylation sites (tertiary alicyclic amines) is 1. The molecule has 38 heavy (non-hydrogen) atoms. The van der Waals surface area contributed by atoms with Gasteiger partial charge in [-0.2, -0.15) is 0 Å². The fourth-order valence-electron chi connectivity index (χ4n) is 5.84. The standard InChI is InChI=1S/C29H30F2N6O/c1-29(2)9-6-20-14-24(38)26-21(30)12-19(13-23(26)37(20)29)27-22(31)16-33-28(35-27)34-25-5-4-18(15-32-25)17-7-10-36(3)11-8-17/h4-5,12-17H,6-11H2,1-3H3,(H,32,33,34,35). The van der Waals surface area contributed by atoms with E-state index < -0.39 is 11.6 Å². The number of nitrogens with one attached hydrogen (secondary N) is 1. The molecule has 2 aliphatic rings. The second kappa shape index (κ2) is 9.23. The minimum absolute atomic E-state index is 0.00851. The van der Waals surface area contributed by atoms with Crippen molar-refractivity contribution in [3.8, 4) is 11.3 Å². The second-order valence-electron chi connectivity index (χ2n) is 11.1. The van der Waals surface area contributed by atoms with Crippen LogP contribution in [0.25, 0.3) is 22.2 Å². The van der Waals surface area contributed by atoms with Crippen LogP contribution in [-0.4, -0.2) is 44.6 Å². The van der Waals surface area contributed by atoms with Crippen molar-refractivity contribution in [2.75, 3.05) is 25.5 Å². The molecule has 0 atom stereocenters. The average molecular weight is 517 g/mol. The molecular weight excluding hydrogens is 486 g/mol. The van der Waals surface area contributed by atoms with Gasteiger partial charge in [-0.15, -0.1) is 0 Å². The molecule has 9 heteroatoms. The molecule has 0 radical (unpaired) electrons. The Morgan fingerprint density at radius 2 is 1.82 bits per heavy atom. The zero-order valence-electron chi connectivity index (χ0n) is 21.8. The predicted molar refractivity (Wildman–Crippen MR) is 144 cm³/mol. The highest BCUT2D eigenvalue weighted by Gasteiger charge is 2.31. The van der Waals surface area contributed by atoms with Crippen molar-refractivity contribution in [2.45, 2.75) is 51.0 Å². The van der Waals surface area contributed by atoms with Crippen molar-refractivity contribution in [3.05, 3.63) is 75.8 Å². The Morgan fingerprint density at radius 3 is 2.55 bits per heavy atom. The molecule has 1 N–H and O–H groups in total. The van der Waals surface area contributed by atoms with E-state index in [0.717, 1.165) is 50.7 Å². The molecule has 5 heterocycles. The van der Waals surface area contributed by atoms with Gasteiger partial charge in [0.2, 0.25) is 5.95 Å². The van der Waals surface area contributed by atoms with Crippen LogP contribution in [0, 0.1) is 11.6 Å². The molecular formula is C29H30F2N6O. The predicted octanol–water partition coefficient (Wildman–Crippen LogP) is 5.37. The lowest BCUT2D eigenvalue weighted by molar-refractivity contribution is 0.255. The lowest BCUT2D eigenvalue weighted by Crippen LogP contribution is -2.29. The largest absolute Gasteiger partial charge is 0.339 e. The number of halogens is 2. The van der Waals surface area contributed by atoms with Crippen LogP contribution in [0.15, 0.2) is 47.5 Å². The normalized spacial score (nSPS) is 17.6. The Bertz CT molecular complexity index is 1590. The maximum absolute atomic E-state index is 15.3. The molecule has 7 nitrogen and oxygen atoms in total. The molecule has 196 valence electrons. The maximum Gasteiger partial charge on any atom is 0.229 e. The topological polar surface area (TPSA) is 75.9 Å². The summed E-state index contributed by atoms with van der Waals surface area (Å²) in [6.07, 6.45) is 6.68. The van der Waals surface area contributed by atoms with Crippen LogP contribution in [0.4, 0.5) is 20.5 Å². The fourth-order valence-corrected chi connectivity index (χ4v) is 5.84. The van der Waals surface area contributed by atoms with Crippen LogP contribution in [-0.2, 0) is 12.0 Å². The van der Waals surface area contributed by atoms with Gasteiger partial charge < -0.3 is 14.8 Å². The minimum atomic E-state index is -0.695. The Morgan fingerprint density at radius 1 is 1.03 bits per heavy atom. The van der Waals surface area contributed by atoms with Gasteiger partial charge in [0, 0.05) is 29.1 Å². The molecule has 3 aromatic heterocycles. The van der Waals surface area contributed by atoms with Crippen LogP contribution < -0.4 is 10.7 Å². The van der Waals surface area contributed by atoms with E-state index in [9.17, 15) is 9.18 Å². The Balaban J connectivity index is 1.33. The summed E-state index contributed by atoms with van der Waals surface area (Å²) < 4.78 is 32.2. The summed E-state index contributed by atoms with van der Waals surface area (Å²) in [6.45, 7) is 6.24. The van der Waals surface area contributed by atoms with Crippen molar-refractivity contribution < 1.29 is 8.78 Å². The number of aromatic nitrogens is 4. The fraction of sp³-hybridized carbons (Fsp3) is 0.379. The van der Waals surface area contributed by atoms with Crippen LogP contribution >= 0.6 is 0 Å². The van der Waals surface area contributed by atoms with E-state index in [2.05, 4.69) is 52.1 Å². The van der Waals surface area contributed by atoms with Crippen molar-refractivity contribution in [3.63, 3.8) is 0 Å². The first-order valence-corrected chi connectivity index (χ1v) is 13.0. The SMILES string of the molecule is CN1CCC(c2ccc(Nc3ncc(F)c(-c4cc(F)c5c(=O)cc6n(c5c4)C(C)(C)CC6)n3)nc2)CC1. The molecule has 0 unspecified atom stereocenters. The van der Waals surface area contributed by atoms with Crippen LogP contribution in [0.2, 0.25) is 0 Å². The van der Waals surface area contributed by atoms with Gasteiger partial charge in [-0.05, 0) is 89.3 Å². The van der Waals surface area contributed by atoms with Gasteiger partial charge in [0.25, 0.3) is 0 Å². The summed E-state index contributed by atoms with van der Waals surface area (Å²) in [5.41, 5.74) is 2.02. The van der Waals surface area contributed by atoms with Crippen molar-refractivity contribution in [2.24, 2.45) is 0 Å². The van der Waals surface area contributed by atoms with Crippen molar-refractivity contribution >= 4 is 22.7 Å². The molecule has 6 rings (SSSR count). The number of nitrogens with zero attached hydrogens (tertiary/aromatic N) is 5. The average Bonchev–Trinajstić information content (AvgIpc) is 3.20. The number of hydrogen-bond acceptors (Lipinski definition) is 6. The van der Waals surface area contributed by atoms with Crippen LogP contribution in [0.1, 0.15) is 50.3 Å². The van der Waals surface area contributed by atoms with E-state index in [-0.39, 0.29) is 33.6 Å². The summed E-state index contributed by atoms with van der Waals surface area (Å²) in [7, 11) is 2.14. The molecule has 1 saturated heterocycles. The molecule has 2 aliphatic heterocycles. The van der Waals surface area contributed by atoms with Gasteiger partial charge in [0.1, 0.15) is 17.3 Å². The van der Waals surface area contributed by atoms with E-state index in [0.29, 0.717) is 17.3 Å². The highest BCUT2D eigenvalue weighted by Crippen LogP contribution is 2.36. The minimum Gasteiger partial charge on any atom is -0.339 e. The molecule has 0 amide bonds. The van der Waals surface area contributed by atoms with Gasteiger partial charge in [-0.3, -0.25) is 4.79 Å². The summed E-state index contributed by atoms with van der Waals surface area (Å²) in [6, 6.07) is 8.25. The molecule has 0 saturated carbocycles. The monoisotopic (exact) mass is 516 g/mol. The molecule has 0 aliphatic carbocycles. The highest BCUT2D eigenvalue weighted by molar-refractivity contribution is 5.85. The van der Waals surface area contributed by atoms with E-state index in [4.69, 9.17) is 0 Å². The number of pyridine rings is 2. The molecule has 1 fully saturated rings. The number of aryl methyl sites for hydroxylation is 1. The summed E-state index contributed by atoms with van der Waals surface area (Å²) in [5.74, 6) is -0.200. The van der Waals surface area contributed by atoms with Gasteiger partial charge in [-0.1, -0.05) is 6.07 Å². The molecule has 1 aromatic carbocycles. The van der Waals surface area contributed by atoms with Crippen molar-refractivity contribution in [1.82, 2.24) is 24.4 Å². The molecule has 0 spiro atoms. The van der Waals surface area contributed by atoms with E-state index in [1.54, 1.807) is 6.07 Å². The number of piperidine rings is 1. The first kappa shape index (κ1) is 24.6. The molecule has 4 aromatic rings. The highest BCUT2D eigenvalue weighted by atomic mass is 19.1. The van der Waals surface area contributed by atoms with Crippen molar-refractivity contribution in [1.29, 1.82) is 0 Å². The van der Waals surface area contributed by atoms with E-state index >= 15 is 4.39 Å². The van der Waals surface area contributed by atoms with Crippen LogP contribution in [0.3, 0.4) is 0 Å². The number of anilines is 2. The lowest BCUT2D eigenvalue weighted by atomic mass is 9.91. The third-order valence-corrected chi connectivity index (χ3v) is 7.97. The van der Waals surface area contributed by atoms with E-state index in [1.165, 1.54) is 17.7 Å². The number of fused-ring (bicyclic) bond motifs is 3. The van der Waals surface area contributed by atoms with Gasteiger partial charge in [-0.25, -0.2) is 23.7 Å². The van der Waals surface area contributed by atoms with E-state index in [1.807, 2.05) is 16.8 Å². The third kappa shape index (κ3) is 4.34. The number of rotatable bonds is 4. The maximum atomic E-state index is 15.3. The van der Waals surface area contributed by atoms with Crippen LogP contribution in [0.5, 0.6) is 0 Å². The first-order chi connectivity index (χ1) is 18.2. The zero-order valence-corrected chi connectivity index (χ0v) is 21.8. The Hall–Kier alpha value is -3.72. The Labute approximate surface area is 219 Å².